The van der Waals surface area contributed by atoms with Gasteiger partial charge in [0.15, 0.2) is 0 Å². The second-order valence-electron chi connectivity index (χ2n) is 6.27. The molecule has 0 aliphatic heterocycles. The average molecular weight is 363 g/mol. The Morgan fingerprint density at radius 2 is 1.96 bits per heavy atom. The Morgan fingerprint density at radius 1 is 1.22 bits per heavy atom. The van der Waals surface area contributed by atoms with E-state index in [4.69, 9.17) is 4.74 Å². The van der Waals surface area contributed by atoms with Crippen molar-refractivity contribution in [2.45, 2.75) is 33.1 Å². The third-order valence-corrected chi connectivity index (χ3v) is 4.12. The summed E-state index contributed by atoms with van der Waals surface area (Å²) in [6.07, 6.45) is 4.79. The first-order chi connectivity index (χ1) is 13.1. The fraction of sp³-hybridized carbons (Fsp3) is 0.273. The number of ether oxygens (including phenoxy) is 1. The second kappa shape index (κ2) is 10.0. The highest BCUT2D eigenvalue weighted by atomic mass is 16.5. The topological polar surface area (TPSA) is 74.2 Å². The number of nitriles is 1. The van der Waals surface area contributed by atoms with Crippen LogP contribution in [0.4, 0.5) is 11.4 Å². The number of unbranched alkanes of at least 4 members (excludes halogenated alkanes) is 1. The lowest BCUT2D eigenvalue weighted by molar-refractivity contribution is -0.112. The zero-order valence-corrected chi connectivity index (χ0v) is 16.0. The van der Waals surface area contributed by atoms with Crippen LogP contribution in [0.5, 0.6) is 5.75 Å². The van der Waals surface area contributed by atoms with E-state index >= 15 is 0 Å². The van der Waals surface area contributed by atoms with E-state index in [1.807, 2.05) is 31.2 Å². The van der Waals surface area contributed by atoms with Crippen LogP contribution >= 0.6 is 0 Å². The molecule has 0 aliphatic carbocycles. The van der Waals surface area contributed by atoms with Crippen LogP contribution in [-0.2, 0) is 11.2 Å². The SMILES string of the molecule is CCCCc1ccc(N/C=C(/C#N)C(=O)Nc2cc(C)ccc2OC)cc1. The van der Waals surface area contributed by atoms with Crippen LogP contribution in [0.15, 0.2) is 54.2 Å². The van der Waals surface area contributed by atoms with Crippen molar-refractivity contribution in [1.82, 2.24) is 0 Å². The highest BCUT2D eigenvalue weighted by molar-refractivity contribution is 6.07. The largest absolute Gasteiger partial charge is 0.495 e. The van der Waals surface area contributed by atoms with Crippen LogP contribution in [0, 0.1) is 18.3 Å². The summed E-state index contributed by atoms with van der Waals surface area (Å²) in [6, 6.07) is 15.4. The lowest BCUT2D eigenvalue weighted by Gasteiger charge is -2.11. The first kappa shape index (κ1) is 20.1. The van der Waals surface area contributed by atoms with Crippen molar-refractivity contribution in [3.63, 3.8) is 0 Å². The molecule has 0 bridgehead atoms. The number of methoxy groups -OCH3 is 1. The van der Waals surface area contributed by atoms with Crippen molar-refractivity contribution in [2.24, 2.45) is 0 Å². The highest BCUT2D eigenvalue weighted by Crippen LogP contribution is 2.25. The monoisotopic (exact) mass is 363 g/mol. The van der Waals surface area contributed by atoms with Gasteiger partial charge in [0, 0.05) is 11.9 Å². The molecule has 27 heavy (non-hydrogen) atoms. The molecular weight excluding hydrogens is 338 g/mol. The van der Waals surface area contributed by atoms with Crippen LogP contribution in [0.25, 0.3) is 0 Å². The summed E-state index contributed by atoms with van der Waals surface area (Å²) >= 11 is 0. The molecular formula is C22H25N3O2. The Morgan fingerprint density at radius 3 is 2.59 bits per heavy atom. The van der Waals surface area contributed by atoms with Crippen molar-refractivity contribution in [1.29, 1.82) is 5.26 Å². The predicted octanol–water partition coefficient (Wildman–Crippen LogP) is 4.80. The normalized spacial score (nSPS) is 10.8. The number of nitrogens with one attached hydrogen (secondary N) is 2. The minimum atomic E-state index is -0.492. The lowest BCUT2D eigenvalue weighted by Crippen LogP contribution is -2.15. The molecule has 0 spiro atoms. The Bertz CT molecular complexity index is 849. The third kappa shape index (κ3) is 5.89. The smallest absolute Gasteiger partial charge is 0.267 e. The number of hydrogen-bond donors (Lipinski definition) is 2. The van der Waals surface area contributed by atoms with E-state index < -0.39 is 5.91 Å². The number of nitrogens with zero attached hydrogens (tertiary/aromatic N) is 1. The van der Waals surface area contributed by atoms with Gasteiger partial charge in [-0.25, -0.2) is 0 Å². The summed E-state index contributed by atoms with van der Waals surface area (Å²) in [5, 5.41) is 15.1. The van der Waals surface area contributed by atoms with Gasteiger partial charge in [-0.05, 0) is 55.2 Å². The number of carbonyl (C=O) groups excluding carboxylic acids is 1. The third-order valence-electron chi connectivity index (χ3n) is 4.12. The average Bonchev–Trinajstić information content (AvgIpc) is 2.68. The first-order valence-electron chi connectivity index (χ1n) is 8.99. The lowest BCUT2D eigenvalue weighted by atomic mass is 10.1. The van der Waals surface area contributed by atoms with Crippen molar-refractivity contribution in [2.75, 3.05) is 17.7 Å². The Labute approximate surface area is 160 Å². The molecule has 0 unspecified atom stereocenters. The van der Waals surface area contributed by atoms with Gasteiger partial charge in [-0.1, -0.05) is 31.5 Å². The quantitative estimate of drug-likeness (QED) is 0.522. The van der Waals surface area contributed by atoms with Gasteiger partial charge >= 0.3 is 0 Å². The van der Waals surface area contributed by atoms with E-state index in [1.165, 1.54) is 18.9 Å². The number of hydrogen-bond acceptors (Lipinski definition) is 4. The van der Waals surface area contributed by atoms with Gasteiger partial charge < -0.3 is 15.4 Å². The van der Waals surface area contributed by atoms with Crippen molar-refractivity contribution in [3.05, 3.63) is 65.4 Å². The molecule has 0 saturated carbocycles. The number of aryl methyl sites for hydroxylation is 2. The maximum Gasteiger partial charge on any atom is 0.267 e. The first-order valence-corrected chi connectivity index (χ1v) is 8.99. The van der Waals surface area contributed by atoms with Crippen molar-refractivity contribution >= 4 is 17.3 Å². The van der Waals surface area contributed by atoms with Crippen LogP contribution in [0.2, 0.25) is 0 Å². The summed E-state index contributed by atoms with van der Waals surface area (Å²) in [7, 11) is 1.53. The minimum absolute atomic E-state index is 0.0198. The molecule has 0 heterocycles. The van der Waals surface area contributed by atoms with Gasteiger partial charge in [0.1, 0.15) is 17.4 Å². The van der Waals surface area contributed by atoms with Crippen LogP contribution in [0.3, 0.4) is 0 Å². The summed E-state index contributed by atoms with van der Waals surface area (Å²) in [5.74, 6) is 0.0512. The van der Waals surface area contributed by atoms with Gasteiger partial charge in [-0.3, -0.25) is 4.79 Å². The molecule has 140 valence electrons. The van der Waals surface area contributed by atoms with Crippen molar-refractivity contribution < 1.29 is 9.53 Å². The summed E-state index contributed by atoms with van der Waals surface area (Å²) in [5.41, 5.74) is 3.59. The van der Waals surface area contributed by atoms with Crippen molar-refractivity contribution in [3.8, 4) is 11.8 Å². The number of anilines is 2. The summed E-state index contributed by atoms with van der Waals surface area (Å²) in [6.45, 7) is 4.09. The van der Waals surface area contributed by atoms with Gasteiger partial charge in [0.05, 0.1) is 12.8 Å². The van der Waals surface area contributed by atoms with E-state index in [-0.39, 0.29) is 5.57 Å². The highest BCUT2D eigenvalue weighted by Gasteiger charge is 2.12. The number of rotatable bonds is 8. The van der Waals surface area contributed by atoms with Gasteiger partial charge in [-0.2, -0.15) is 5.26 Å². The molecule has 2 N–H and O–H groups in total. The van der Waals surface area contributed by atoms with E-state index in [2.05, 4.69) is 29.7 Å². The van der Waals surface area contributed by atoms with Gasteiger partial charge in [0.2, 0.25) is 0 Å². The fourth-order valence-electron chi connectivity index (χ4n) is 2.56. The molecule has 5 nitrogen and oxygen atoms in total. The van der Waals surface area contributed by atoms with E-state index in [9.17, 15) is 10.1 Å². The molecule has 0 fully saturated rings. The standard InChI is InChI=1S/C22H25N3O2/c1-4-5-6-17-8-10-19(11-9-17)24-15-18(14-23)22(26)25-20-13-16(2)7-12-21(20)27-3/h7-13,15,24H,4-6H2,1-3H3,(H,25,26)/b18-15-. The molecule has 2 rings (SSSR count). The Hall–Kier alpha value is -3.26. The molecule has 0 saturated heterocycles. The van der Waals surface area contributed by atoms with E-state index in [1.54, 1.807) is 12.1 Å². The Kier molecular flexibility index (Phi) is 7.45. The van der Waals surface area contributed by atoms with Crippen LogP contribution in [0.1, 0.15) is 30.9 Å². The number of carbonyl (C=O) groups is 1. The van der Waals surface area contributed by atoms with E-state index in [0.29, 0.717) is 11.4 Å². The fourth-order valence-corrected chi connectivity index (χ4v) is 2.56. The maximum atomic E-state index is 12.4. The molecule has 2 aromatic rings. The molecule has 2 aromatic carbocycles. The molecule has 5 heteroatoms. The van der Waals surface area contributed by atoms with Gasteiger partial charge in [0.25, 0.3) is 5.91 Å². The molecule has 0 atom stereocenters. The summed E-state index contributed by atoms with van der Waals surface area (Å²) in [4.78, 5) is 12.4. The Balaban J connectivity index is 2.06. The van der Waals surface area contributed by atoms with E-state index in [0.717, 1.165) is 30.5 Å². The molecule has 1 amide bonds. The molecule has 0 radical (unpaired) electrons. The van der Waals surface area contributed by atoms with Crippen LogP contribution in [-0.4, -0.2) is 13.0 Å². The number of benzene rings is 2. The predicted molar refractivity (Wildman–Crippen MR) is 109 cm³/mol. The zero-order chi connectivity index (χ0) is 19.6. The number of amides is 1. The molecule has 0 aromatic heterocycles. The van der Waals surface area contributed by atoms with Crippen LogP contribution < -0.4 is 15.4 Å². The molecule has 0 aliphatic rings. The zero-order valence-electron chi connectivity index (χ0n) is 16.0. The summed E-state index contributed by atoms with van der Waals surface area (Å²) < 4.78 is 5.25. The maximum absolute atomic E-state index is 12.4. The second-order valence-corrected chi connectivity index (χ2v) is 6.27. The minimum Gasteiger partial charge on any atom is -0.495 e. The van der Waals surface area contributed by atoms with Gasteiger partial charge in [-0.15, -0.1) is 0 Å².